The first-order chi connectivity index (χ1) is 13.2. The van der Waals surface area contributed by atoms with E-state index in [-0.39, 0.29) is 27.7 Å². The number of aromatic hydroxyl groups is 1. The van der Waals surface area contributed by atoms with Gasteiger partial charge >= 0.3 is 6.03 Å². The zero-order valence-electron chi connectivity index (χ0n) is 15.4. The number of nitrogens with zero attached hydrogens (tertiary/aromatic N) is 1. The first kappa shape index (κ1) is 19.4. The van der Waals surface area contributed by atoms with Crippen LogP contribution in [0.15, 0.2) is 35.9 Å². The molecular formula is C20H17ClN2O5. The molecule has 0 unspecified atom stereocenters. The molecule has 7 nitrogen and oxygen atoms in total. The Labute approximate surface area is 166 Å². The monoisotopic (exact) mass is 400 g/mol. The van der Waals surface area contributed by atoms with Crippen molar-refractivity contribution in [1.29, 1.82) is 0 Å². The maximum atomic E-state index is 13.0. The molecular weight excluding hydrogens is 384 g/mol. The van der Waals surface area contributed by atoms with Gasteiger partial charge in [0, 0.05) is 16.7 Å². The van der Waals surface area contributed by atoms with Crippen molar-refractivity contribution in [3.8, 4) is 11.5 Å². The predicted octanol–water partition coefficient (Wildman–Crippen LogP) is 3.34. The third-order valence-electron chi connectivity index (χ3n) is 4.16. The second-order valence-electron chi connectivity index (χ2n) is 6.35. The number of ether oxygens (including phenoxy) is 1. The Morgan fingerprint density at radius 2 is 1.71 bits per heavy atom. The lowest BCUT2D eigenvalue weighted by atomic mass is 10.0. The summed E-state index contributed by atoms with van der Waals surface area (Å²) in [5.74, 6) is -1.87. The summed E-state index contributed by atoms with van der Waals surface area (Å²) in [4.78, 5) is 38.4. The molecule has 0 aromatic heterocycles. The molecule has 144 valence electrons. The quantitative estimate of drug-likeness (QED) is 0.608. The van der Waals surface area contributed by atoms with Crippen LogP contribution in [0.4, 0.5) is 10.5 Å². The summed E-state index contributed by atoms with van der Waals surface area (Å²) < 4.78 is 5.03. The smallest absolute Gasteiger partial charge is 0.335 e. The number of nitrogens with one attached hydrogen (secondary N) is 1. The summed E-state index contributed by atoms with van der Waals surface area (Å²) in [6.07, 6.45) is 1.17. The number of rotatable bonds is 3. The molecule has 0 atom stereocenters. The van der Waals surface area contributed by atoms with Crippen LogP contribution < -0.4 is 15.0 Å². The molecule has 8 heteroatoms. The number of barbiturate groups is 1. The van der Waals surface area contributed by atoms with E-state index in [2.05, 4.69) is 5.32 Å². The number of methoxy groups -OCH3 is 1. The minimum absolute atomic E-state index is 0.0882. The second-order valence-corrected chi connectivity index (χ2v) is 6.79. The Balaban J connectivity index is 2.10. The van der Waals surface area contributed by atoms with Crippen LogP contribution in [0.2, 0.25) is 5.02 Å². The van der Waals surface area contributed by atoms with Gasteiger partial charge in [-0.1, -0.05) is 17.7 Å². The zero-order valence-corrected chi connectivity index (χ0v) is 16.1. The summed E-state index contributed by atoms with van der Waals surface area (Å²) >= 11 is 6.00. The Morgan fingerprint density at radius 1 is 1.07 bits per heavy atom. The summed E-state index contributed by atoms with van der Waals surface area (Å²) in [5.41, 5.74) is 1.84. The van der Waals surface area contributed by atoms with Crippen LogP contribution in [0, 0.1) is 13.8 Å². The van der Waals surface area contributed by atoms with Crippen LogP contribution in [0.1, 0.15) is 16.7 Å². The van der Waals surface area contributed by atoms with Gasteiger partial charge in [0.25, 0.3) is 11.8 Å². The Hall–Kier alpha value is -3.32. The van der Waals surface area contributed by atoms with Crippen molar-refractivity contribution in [1.82, 2.24) is 5.32 Å². The number of hydrogen-bond acceptors (Lipinski definition) is 5. The molecule has 2 aromatic carbocycles. The number of aryl methyl sites for hydroxylation is 2. The molecule has 4 amide bonds. The van der Waals surface area contributed by atoms with Gasteiger partial charge in [-0.25, -0.2) is 9.69 Å². The normalized spacial score (nSPS) is 15.8. The van der Waals surface area contributed by atoms with Gasteiger partial charge in [0.05, 0.1) is 12.8 Å². The van der Waals surface area contributed by atoms with E-state index in [4.69, 9.17) is 16.3 Å². The number of anilines is 1. The third-order valence-corrected chi connectivity index (χ3v) is 4.37. The fourth-order valence-corrected chi connectivity index (χ4v) is 3.20. The minimum atomic E-state index is -0.867. The van der Waals surface area contributed by atoms with Crippen molar-refractivity contribution >= 4 is 41.2 Å². The van der Waals surface area contributed by atoms with Crippen molar-refractivity contribution in [2.75, 3.05) is 12.0 Å². The molecule has 28 heavy (non-hydrogen) atoms. The van der Waals surface area contributed by atoms with E-state index >= 15 is 0 Å². The molecule has 1 fully saturated rings. The number of imide groups is 2. The molecule has 0 bridgehead atoms. The summed E-state index contributed by atoms with van der Waals surface area (Å²) in [5, 5.41) is 12.7. The highest BCUT2D eigenvalue weighted by Crippen LogP contribution is 2.35. The number of carbonyl (C=O) groups excluding carboxylic acids is 3. The lowest BCUT2D eigenvalue weighted by Crippen LogP contribution is -2.54. The summed E-state index contributed by atoms with van der Waals surface area (Å²) in [6, 6.07) is 7.16. The number of benzene rings is 2. The lowest BCUT2D eigenvalue weighted by molar-refractivity contribution is -0.122. The third kappa shape index (κ3) is 3.57. The van der Waals surface area contributed by atoms with Crippen LogP contribution in [0.5, 0.6) is 11.5 Å². The first-order valence-corrected chi connectivity index (χ1v) is 8.65. The molecule has 0 spiro atoms. The van der Waals surface area contributed by atoms with Gasteiger partial charge in [0.2, 0.25) is 0 Å². The number of urea groups is 1. The predicted molar refractivity (Wildman–Crippen MR) is 105 cm³/mol. The van der Waals surface area contributed by atoms with Crippen LogP contribution in [-0.2, 0) is 9.59 Å². The van der Waals surface area contributed by atoms with Crippen molar-refractivity contribution in [2.45, 2.75) is 13.8 Å². The van der Waals surface area contributed by atoms with E-state index in [1.54, 1.807) is 12.1 Å². The van der Waals surface area contributed by atoms with Gasteiger partial charge < -0.3 is 9.84 Å². The highest BCUT2D eigenvalue weighted by atomic mass is 35.5. The molecule has 1 aliphatic rings. The van der Waals surface area contributed by atoms with E-state index in [1.165, 1.54) is 25.3 Å². The van der Waals surface area contributed by atoms with Crippen molar-refractivity contribution in [2.24, 2.45) is 0 Å². The van der Waals surface area contributed by atoms with Gasteiger partial charge in [-0.2, -0.15) is 0 Å². The number of amides is 4. The average molecular weight is 401 g/mol. The number of hydrogen-bond donors (Lipinski definition) is 2. The van der Waals surface area contributed by atoms with Crippen molar-refractivity contribution in [3.63, 3.8) is 0 Å². The van der Waals surface area contributed by atoms with Gasteiger partial charge in [-0.05, 0) is 49.2 Å². The van der Waals surface area contributed by atoms with Crippen LogP contribution in [0.25, 0.3) is 6.08 Å². The highest BCUT2D eigenvalue weighted by molar-refractivity contribution is 6.39. The highest BCUT2D eigenvalue weighted by Gasteiger charge is 2.37. The Bertz CT molecular complexity index is 1020. The van der Waals surface area contributed by atoms with Crippen LogP contribution in [0.3, 0.4) is 0 Å². The Kier molecular flexibility index (Phi) is 5.11. The van der Waals surface area contributed by atoms with Crippen LogP contribution >= 0.6 is 11.6 Å². The fraction of sp³-hybridized carbons (Fsp3) is 0.150. The second kappa shape index (κ2) is 7.36. The molecule has 1 aliphatic heterocycles. The standard InChI is InChI=1S/C20H17ClN2O5/c1-10-4-11(2)6-14(5-10)23-19(26)15(18(25)22-20(23)27)8-12-7-13(21)9-16(28-3)17(12)24/h4-9,24H,1-3H3,(H,22,25,27)/b15-8+. The topological polar surface area (TPSA) is 95.9 Å². The molecule has 0 saturated carbocycles. The largest absolute Gasteiger partial charge is 0.504 e. The maximum absolute atomic E-state index is 13.0. The first-order valence-electron chi connectivity index (χ1n) is 8.27. The van der Waals surface area contributed by atoms with Crippen molar-refractivity contribution < 1.29 is 24.2 Å². The molecule has 2 N–H and O–H groups in total. The van der Waals surface area contributed by atoms with Gasteiger partial charge in [0.15, 0.2) is 11.5 Å². The zero-order chi connectivity index (χ0) is 20.6. The number of phenols is 1. The SMILES string of the molecule is COc1cc(Cl)cc(/C=C2\C(=O)NC(=O)N(c3cc(C)cc(C)c3)C2=O)c1O. The van der Waals surface area contributed by atoms with E-state index in [0.29, 0.717) is 5.69 Å². The molecule has 0 aliphatic carbocycles. The van der Waals surface area contributed by atoms with E-state index in [0.717, 1.165) is 16.0 Å². The molecule has 1 heterocycles. The summed E-state index contributed by atoms with van der Waals surface area (Å²) in [6.45, 7) is 3.67. The average Bonchev–Trinajstić information content (AvgIpc) is 2.60. The van der Waals surface area contributed by atoms with Gasteiger partial charge in [-0.3, -0.25) is 14.9 Å². The lowest BCUT2D eigenvalue weighted by Gasteiger charge is -2.27. The Morgan fingerprint density at radius 3 is 2.32 bits per heavy atom. The van der Waals surface area contributed by atoms with E-state index in [1.807, 2.05) is 19.9 Å². The van der Waals surface area contributed by atoms with E-state index < -0.39 is 17.8 Å². The summed E-state index contributed by atoms with van der Waals surface area (Å²) in [7, 11) is 1.35. The fourth-order valence-electron chi connectivity index (χ4n) is 2.99. The van der Waals surface area contributed by atoms with E-state index in [9.17, 15) is 19.5 Å². The number of carbonyl (C=O) groups is 3. The maximum Gasteiger partial charge on any atom is 0.335 e. The van der Waals surface area contributed by atoms with Crippen molar-refractivity contribution in [3.05, 3.63) is 57.6 Å². The van der Waals surface area contributed by atoms with Crippen LogP contribution in [-0.4, -0.2) is 30.1 Å². The number of halogens is 1. The number of phenolic OH excluding ortho intramolecular Hbond substituents is 1. The molecule has 1 saturated heterocycles. The molecule has 2 aromatic rings. The van der Waals surface area contributed by atoms with Gasteiger partial charge in [0.1, 0.15) is 5.57 Å². The molecule has 0 radical (unpaired) electrons. The molecule has 3 rings (SSSR count). The minimum Gasteiger partial charge on any atom is -0.504 e. The van der Waals surface area contributed by atoms with Gasteiger partial charge in [-0.15, -0.1) is 0 Å².